The molecule has 0 fully saturated rings. The molecule has 2 N–H and O–H groups in total. The Morgan fingerprint density at radius 2 is 1.93 bits per heavy atom. The van der Waals surface area contributed by atoms with Gasteiger partial charge in [0.15, 0.2) is 17.5 Å². The third-order valence-electron chi connectivity index (χ3n) is 4.42. The van der Waals surface area contributed by atoms with Crippen LogP contribution in [0.4, 0.5) is 0 Å². The van der Waals surface area contributed by atoms with Crippen molar-refractivity contribution in [1.82, 2.24) is 15.6 Å². The van der Waals surface area contributed by atoms with E-state index in [-0.39, 0.29) is 24.0 Å². The van der Waals surface area contributed by atoms with Gasteiger partial charge in [0.1, 0.15) is 0 Å². The molecule has 0 spiro atoms. The first kappa shape index (κ1) is 26.5. The predicted octanol–water partition coefficient (Wildman–Crippen LogP) is 4.63. The van der Waals surface area contributed by atoms with Crippen molar-refractivity contribution < 1.29 is 9.47 Å². The standard InChI is InChI=1S/C22H34N4O2S.HI/c1-6-28-20-14-17(9-10-19(20)27-5)8-7-12-24-22(23-4)25-13-11-18-15-29-21(26-18)16(2)3;/h9-10,14-16H,6-8,11-13H2,1-5H3,(H2,23,24,25);1H. The van der Waals surface area contributed by atoms with Crippen molar-refractivity contribution in [3.8, 4) is 11.5 Å². The van der Waals surface area contributed by atoms with Gasteiger partial charge in [-0.3, -0.25) is 4.99 Å². The number of ether oxygens (including phenoxy) is 2. The Bertz CT molecular complexity index is 780. The molecule has 0 saturated heterocycles. The lowest BCUT2D eigenvalue weighted by molar-refractivity contribution is 0.310. The second-order valence-electron chi connectivity index (χ2n) is 7.03. The molecule has 0 atom stereocenters. The van der Waals surface area contributed by atoms with Crippen LogP contribution in [-0.2, 0) is 12.8 Å². The quantitative estimate of drug-likeness (QED) is 0.186. The maximum atomic E-state index is 5.65. The van der Waals surface area contributed by atoms with Crippen molar-refractivity contribution in [3.63, 3.8) is 0 Å². The zero-order valence-electron chi connectivity index (χ0n) is 18.7. The highest BCUT2D eigenvalue weighted by Crippen LogP contribution is 2.28. The molecular weight excluding hydrogens is 511 g/mol. The van der Waals surface area contributed by atoms with Crippen LogP contribution in [0, 0.1) is 0 Å². The fraction of sp³-hybridized carbons (Fsp3) is 0.545. The van der Waals surface area contributed by atoms with E-state index >= 15 is 0 Å². The Morgan fingerprint density at radius 3 is 2.57 bits per heavy atom. The lowest BCUT2D eigenvalue weighted by Gasteiger charge is -2.13. The molecule has 2 rings (SSSR count). The molecule has 2 aromatic rings. The number of aromatic nitrogens is 1. The van der Waals surface area contributed by atoms with Crippen molar-refractivity contribution in [2.24, 2.45) is 4.99 Å². The lowest BCUT2D eigenvalue weighted by atomic mass is 10.1. The molecule has 6 nitrogen and oxygen atoms in total. The van der Waals surface area contributed by atoms with Gasteiger partial charge in [-0.2, -0.15) is 0 Å². The first-order chi connectivity index (χ1) is 14.1. The van der Waals surface area contributed by atoms with E-state index in [2.05, 4.69) is 52.0 Å². The zero-order chi connectivity index (χ0) is 21.1. The van der Waals surface area contributed by atoms with Gasteiger partial charge in [-0.15, -0.1) is 35.3 Å². The van der Waals surface area contributed by atoms with Gasteiger partial charge in [-0.1, -0.05) is 19.9 Å². The van der Waals surface area contributed by atoms with Crippen LogP contribution < -0.4 is 20.1 Å². The second-order valence-corrected chi connectivity index (χ2v) is 7.92. The molecule has 0 saturated carbocycles. The average Bonchev–Trinajstić information content (AvgIpc) is 3.19. The fourth-order valence-corrected chi connectivity index (χ4v) is 3.75. The van der Waals surface area contributed by atoms with Crippen LogP contribution in [0.3, 0.4) is 0 Å². The largest absolute Gasteiger partial charge is 0.493 e. The summed E-state index contributed by atoms with van der Waals surface area (Å²) in [6, 6.07) is 6.12. The van der Waals surface area contributed by atoms with E-state index in [1.165, 1.54) is 10.6 Å². The van der Waals surface area contributed by atoms with Gasteiger partial charge >= 0.3 is 0 Å². The molecular formula is C22H35IN4O2S. The van der Waals surface area contributed by atoms with E-state index in [1.54, 1.807) is 25.5 Å². The Labute approximate surface area is 201 Å². The van der Waals surface area contributed by atoms with Crippen molar-refractivity contribution in [2.45, 2.75) is 46.0 Å². The van der Waals surface area contributed by atoms with Crippen molar-refractivity contribution in [2.75, 3.05) is 33.9 Å². The van der Waals surface area contributed by atoms with Crippen LogP contribution in [0.5, 0.6) is 11.5 Å². The van der Waals surface area contributed by atoms with E-state index < -0.39 is 0 Å². The summed E-state index contributed by atoms with van der Waals surface area (Å²) in [5, 5.41) is 10.1. The third kappa shape index (κ3) is 8.67. The number of aliphatic imine (C=N–C) groups is 1. The summed E-state index contributed by atoms with van der Waals surface area (Å²) in [5.74, 6) is 2.90. The molecule has 1 aromatic carbocycles. The summed E-state index contributed by atoms with van der Waals surface area (Å²) in [6.07, 6.45) is 2.86. The van der Waals surface area contributed by atoms with Crippen LogP contribution in [0.2, 0.25) is 0 Å². The molecule has 1 aromatic heterocycles. The van der Waals surface area contributed by atoms with E-state index in [1.807, 2.05) is 13.0 Å². The van der Waals surface area contributed by atoms with E-state index in [9.17, 15) is 0 Å². The van der Waals surface area contributed by atoms with Gasteiger partial charge in [0, 0.05) is 37.9 Å². The summed E-state index contributed by atoms with van der Waals surface area (Å²) < 4.78 is 11.0. The Hall–Kier alpha value is -1.55. The molecule has 8 heteroatoms. The van der Waals surface area contributed by atoms with Gasteiger partial charge in [0.2, 0.25) is 0 Å². The number of benzene rings is 1. The second kappa shape index (κ2) is 14.5. The first-order valence-corrected chi connectivity index (χ1v) is 11.1. The highest BCUT2D eigenvalue weighted by Gasteiger charge is 2.07. The predicted molar refractivity (Wildman–Crippen MR) is 137 cm³/mol. The van der Waals surface area contributed by atoms with Crippen molar-refractivity contribution in [1.29, 1.82) is 0 Å². The Morgan fingerprint density at radius 1 is 1.17 bits per heavy atom. The highest BCUT2D eigenvalue weighted by molar-refractivity contribution is 14.0. The normalized spacial score (nSPS) is 11.2. The molecule has 0 aliphatic carbocycles. The number of nitrogens with zero attached hydrogens (tertiary/aromatic N) is 2. The number of aryl methyl sites for hydroxylation is 1. The number of hydrogen-bond acceptors (Lipinski definition) is 5. The molecule has 168 valence electrons. The highest BCUT2D eigenvalue weighted by atomic mass is 127. The number of guanidine groups is 1. The topological polar surface area (TPSA) is 67.8 Å². The summed E-state index contributed by atoms with van der Waals surface area (Å²) in [6.45, 7) is 8.63. The van der Waals surface area contributed by atoms with Gasteiger partial charge in [-0.25, -0.2) is 4.98 Å². The SMILES string of the molecule is CCOc1cc(CCCNC(=NC)NCCc2csc(C(C)C)n2)ccc1OC.I. The minimum Gasteiger partial charge on any atom is -0.493 e. The smallest absolute Gasteiger partial charge is 0.190 e. The molecule has 0 aliphatic heterocycles. The van der Waals surface area contributed by atoms with Crippen molar-refractivity contribution >= 4 is 41.3 Å². The summed E-state index contributed by atoms with van der Waals surface area (Å²) in [5.41, 5.74) is 2.38. The van der Waals surface area contributed by atoms with E-state index in [0.717, 1.165) is 55.5 Å². The zero-order valence-corrected chi connectivity index (χ0v) is 21.8. The molecule has 0 radical (unpaired) electrons. The average molecular weight is 547 g/mol. The van der Waals surface area contributed by atoms with E-state index in [0.29, 0.717) is 12.5 Å². The van der Waals surface area contributed by atoms with Gasteiger partial charge < -0.3 is 20.1 Å². The van der Waals surface area contributed by atoms with Crippen LogP contribution in [0.1, 0.15) is 49.4 Å². The number of thiazole rings is 1. The minimum absolute atomic E-state index is 0. The third-order valence-corrected chi connectivity index (χ3v) is 5.62. The first-order valence-electron chi connectivity index (χ1n) is 10.3. The number of hydrogen-bond donors (Lipinski definition) is 2. The van der Waals surface area contributed by atoms with E-state index in [4.69, 9.17) is 9.47 Å². The molecule has 0 unspecified atom stereocenters. The van der Waals surface area contributed by atoms with Gasteiger partial charge in [0.05, 0.1) is 24.4 Å². The molecule has 0 bridgehead atoms. The summed E-state index contributed by atoms with van der Waals surface area (Å²) in [7, 11) is 3.46. The monoisotopic (exact) mass is 546 g/mol. The minimum atomic E-state index is 0. The number of rotatable bonds is 11. The number of halogens is 1. The van der Waals surface area contributed by atoms with Crippen LogP contribution in [0.25, 0.3) is 0 Å². The number of nitrogens with one attached hydrogen (secondary N) is 2. The van der Waals surface area contributed by atoms with Crippen LogP contribution in [-0.4, -0.2) is 44.8 Å². The Balaban J connectivity index is 0.00000450. The van der Waals surface area contributed by atoms with Gasteiger partial charge in [0.25, 0.3) is 0 Å². The molecule has 0 amide bonds. The Kier molecular flexibility index (Phi) is 12.8. The lowest BCUT2D eigenvalue weighted by Crippen LogP contribution is -2.38. The summed E-state index contributed by atoms with van der Waals surface area (Å²) >= 11 is 1.74. The molecule has 1 heterocycles. The maximum Gasteiger partial charge on any atom is 0.190 e. The number of methoxy groups -OCH3 is 1. The van der Waals surface area contributed by atoms with Crippen LogP contribution >= 0.6 is 35.3 Å². The van der Waals surface area contributed by atoms with Crippen LogP contribution in [0.15, 0.2) is 28.6 Å². The molecule has 0 aliphatic rings. The fourth-order valence-electron chi connectivity index (χ4n) is 2.88. The maximum absolute atomic E-state index is 5.65. The summed E-state index contributed by atoms with van der Waals surface area (Å²) in [4.78, 5) is 8.97. The van der Waals surface area contributed by atoms with Crippen molar-refractivity contribution in [3.05, 3.63) is 39.8 Å². The molecule has 30 heavy (non-hydrogen) atoms. The van der Waals surface area contributed by atoms with Gasteiger partial charge in [-0.05, 0) is 37.5 Å².